The minimum absolute atomic E-state index is 0.109. The number of nitro groups is 1. The highest BCUT2D eigenvalue weighted by molar-refractivity contribution is 5.54. The van der Waals surface area contributed by atoms with E-state index in [1.165, 1.54) is 0 Å². The number of aromatic nitrogens is 2. The molecular formula is C13H16N4O2. The Hall–Kier alpha value is -2.37. The summed E-state index contributed by atoms with van der Waals surface area (Å²) in [6.45, 7) is 4.62. The van der Waals surface area contributed by atoms with Crippen LogP contribution >= 0.6 is 0 Å². The van der Waals surface area contributed by atoms with Crippen LogP contribution in [0.15, 0.2) is 36.9 Å². The molecule has 2 aromatic rings. The van der Waals surface area contributed by atoms with Gasteiger partial charge in [0.05, 0.1) is 11.3 Å². The quantitative estimate of drug-likeness (QED) is 0.662. The Kier molecular flexibility index (Phi) is 3.79. The molecule has 0 bridgehead atoms. The molecule has 1 aromatic carbocycles. The van der Waals surface area contributed by atoms with Gasteiger partial charge in [0, 0.05) is 42.8 Å². The lowest BCUT2D eigenvalue weighted by molar-refractivity contribution is -0.384. The summed E-state index contributed by atoms with van der Waals surface area (Å²) < 4.78 is 1.96. The SMILES string of the molecule is Cc1cc(NC(C)Cn2ccnc2)cc([N+](=O)[O-])c1. The molecule has 0 radical (unpaired) electrons. The number of nitrogens with zero attached hydrogens (tertiary/aromatic N) is 3. The predicted octanol–water partition coefficient (Wildman–Crippen LogP) is 2.60. The smallest absolute Gasteiger partial charge is 0.271 e. The zero-order chi connectivity index (χ0) is 13.8. The van der Waals surface area contributed by atoms with Gasteiger partial charge in [0.2, 0.25) is 0 Å². The number of aryl methyl sites for hydroxylation is 1. The number of imidazole rings is 1. The summed E-state index contributed by atoms with van der Waals surface area (Å²) in [4.78, 5) is 14.4. The van der Waals surface area contributed by atoms with Crippen molar-refractivity contribution in [1.82, 2.24) is 9.55 Å². The molecule has 0 aliphatic rings. The zero-order valence-corrected chi connectivity index (χ0v) is 10.9. The highest BCUT2D eigenvalue weighted by Gasteiger charge is 2.10. The Morgan fingerprint density at radius 1 is 1.47 bits per heavy atom. The van der Waals surface area contributed by atoms with Crippen LogP contribution in [-0.4, -0.2) is 20.5 Å². The predicted molar refractivity (Wildman–Crippen MR) is 73.1 cm³/mol. The van der Waals surface area contributed by atoms with E-state index in [0.717, 1.165) is 17.8 Å². The fourth-order valence-electron chi connectivity index (χ4n) is 1.99. The molecule has 0 spiro atoms. The van der Waals surface area contributed by atoms with Gasteiger partial charge in [0.25, 0.3) is 5.69 Å². The van der Waals surface area contributed by atoms with E-state index in [0.29, 0.717) is 0 Å². The molecule has 19 heavy (non-hydrogen) atoms. The molecule has 0 amide bonds. The topological polar surface area (TPSA) is 73.0 Å². The second-order valence-corrected chi connectivity index (χ2v) is 4.62. The van der Waals surface area contributed by atoms with Gasteiger partial charge in [-0.15, -0.1) is 0 Å². The third-order valence-electron chi connectivity index (χ3n) is 2.73. The van der Waals surface area contributed by atoms with Crippen molar-refractivity contribution in [2.75, 3.05) is 5.32 Å². The maximum absolute atomic E-state index is 10.8. The Morgan fingerprint density at radius 3 is 2.89 bits per heavy atom. The van der Waals surface area contributed by atoms with Crippen LogP contribution in [0.5, 0.6) is 0 Å². The largest absolute Gasteiger partial charge is 0.381 e. The third kappa shape index (κ3) is 3.54. The zero-order valence-electron chi connectivity index (χ0n) is 10.9. The van der Waals surface area contributed by atoms with Crippen LogP contribution in [0.3, 0.4) is 0 Å². The van der Waals surface area contributed by atoms with E-state index in [9.17, 15) is 10.1 Å². The Morgan fingerprint density at radius 2 is 2.26 bits per heavy atom. The third-order valence-corrected chi connectivity index (χ3v) is 2.73. The number of hydrogen-bond donors (Lipinski definition) is 1. The number of hydrogen-bond acceptors (Lipinski definition) is 4. The van der Waals surface area contributed by atoms with E-state index in [1.807, 2.05) is 30.7 Å². The summed E-state index contributed by atoms with van der Waals surface area (Å²) in [5, 5.41) is 14.1. The molecular weight excluding hydrogens is 244 g/mol. The Balaban J connectivity index is 2.08. The van der Waals surface area contributed by atoms with Gasteiger partial charge in [0.15, 0.2) is 0 Å². The van der Waals surface area contributed by atoms with Crippen LogP contribution in [0, 0.1) is 17.0 Å². The monoisotopic (exact) mass is 260 g/mol. The average Bonchev–Trinajstić information content (AvgIpc) is 2.80. The summed E-state index contributed by atoms with van der Waals surface area (Å²) in [5.74, 6) is 0. The molecule has 1 heterocycles. The number of non-ortho nitro benzene ring substituents is 1. The molecule has 0 aliphatic heterocycles. The van der Waals surface area contributed by atoms with Crippen LogP contribution < -0.4 is 5.32 Å². The number of benzene rings is 1. The summed E-state index contributed by atoms with van der Waals surface area (Å²) in [5.41, 5.74) is 1.74. The maximum Gasteiger partial charge on any atom is 0.271 e. The normalized spacial score (nSPS) is 12.1. The standard InChI is InChI=1S/C13H16N4O2/c1-10-5-12(7-13(6-10)17(18)19)15-11(2)8-16-4-3-14-9-16/h3-7,9,11,15H,8H2,1-2H3. The van der Waals surface area contributed by atoms with Crippen molar-refractivity contribution in [3.05, 3.63) is 52.6 Å². The maximum atomic E-state index is 10.8. The van der Waals surface area contributed by atoms with Gasteiger partial charge in [-0.05, 0) is 25.5 Å². The fraction of sp³-hybridized carbons (Fsp3) is 0.308. The lowest BCUT2D eigenvalue weighted by atomic mass is 10.2. The van der Waals surface area contributed by atoms with E-state index in [1.54, 1.807) is 24.7 Å². The van der Waals surface area contributed by atoms with E-state index >= 15 is 0 Å². The van der Waals surface area contributed by atoms with E-state index in [2.05, 4.69) is 10.3 Å². The van der Waals surface area contributed by atoms with Crippen LogP contribution in [-0.2, 0) is 6.54 Å². The van der Waals surface area contributed by atoms with Crippen molar-refractivity contribution in [3.63, 3.8) is 0 Å². The number of anilines is 1. The second kappa shape index (κ2) is 5.51. The van der Waals surface area contributed by atoms with Gasteiger partial charge in [-0.2, -0.15) is 0 Å². The fourth-order valence-corrected chi connectivity index (χ4v) is 1.99. The van der Waals surface area contributed by atoms with Crippen LogP contribution in [0.2, 0.25) is 0 Å². The summed E-state index contributed by atoms with van der Waals surface area (Å²) in [7, 11) is 0. The van der Waals surface area contributed by atoms with Gasteiger partial charge in [-0.3, -0.25) is 10.1 Å². The van der Waals surface area contributed by atoms with Gasteiger partial charge in [-0.25, -0.2) is 4.98 Å². The van der Waals surface area contributed by atoms with Crippen LogP contribution in [0.4, 0.5) is 11.4 Å². The first-order chi connectivity index (χ1) is 9.04. The number of rotatable bonds is 5. The molecule has 0 saturated carbocycles. The molecule has 6 heteroatoms. The molecule has 1 atom stereocenters. The molecule has 0 aliphatic carbocycles. The van der Waals surface area contributed by atoms with Crippen molar-refractivity contribution < 1.29 is 4.92 Å². The highest BCUT2D eigenvalue weighted by Crippen LogP contribution is 2.21. The molecule has 0 fully saturated rings. The molecule has 1 aromatic heterocycles. The van der Waals surface area contributed by atoms with Crippen LogP contribution in [0.1, 0.15) is 12.5 Å². The van der Waals surface area contributed by atoms with Crippen LogP contribution in [0.25, 0.3) is 0 Å². The van der Waals surface area contributed by atoms with Gasteiger partial charge in [0.1, 0.15) is 0 Å². The van der Waals surface area contributed by atoms with Crippen molar-refractivity contribution in [2.45, 2.75) is 26.4 Å². The number of nitrogens with one attached hydrogen (secondary N) is 1. The molecule has 6 nitrogen and oxygen atoms in total. The Bertz CT molecular complexity index is 566. The molecule has 1 unspecified atom stereocenters. The lowest BCUT2D eigenvalue weighted by Crippen LogP contribution is -2.21. The summed E-state index contributed by atoms with van der Waals surface area (Å²) in [6, 6.07) is 5.16. The first kappa shape index (κ1) is 13.1. The summed E-state index contributed by atoms with van der Waals surface area (Å²) >= 11 is 0. The van der Waals surface area contributed by atoms with E-state index < -0.39 is 0 Å². The molecule has 2 rings (SSSR count). The minimum Gasteiger partial charge on any atom is -0.381 e. The Labute approximate surface area is 111 Å². The molecule has 100 valence electrons. The second-order valence-electron chi connectivity index (χ2n) is 4.62. The van der Waals surface area contributed by atoms with Gasteiger partial charge < -0.3 is 9.88 Å². The van der Waals surface area contributed by atoms with Gasteiger partial charge in [-0.1, -0.05) is 0 Å². The van der Waals surface area contributed by atoms with Crippen molar-refractivity contribution in [3.8, 4) is 0 Å². The van der Waals surface area contributed by atoms with Gasteiger partial charge >= 0.3 is 0 Å². The number of nitro benzene ring substituents is 1. The van der Waals surface area contributed by atoms with Crippen molar-refractivity contribution in [1.29, 1.82) is 0 Å². The van der Waals surface area contributed by atoms with Crippen molar-refractivity contribution >= 4 is 11.4 Å². The lowest BCUT2D eigenvalue weighted by Gasteiger charge is -2.16. The molecule has 1 N–H and O–H groups in total. The summed E-state index contributed by atoms with van der Waals surface area (Å²) in [6.07, 6.45) is 5.36. The van der Waals surface area contributed by atoms with E-state index in [-0.39, 0.29) is 16.7 Å². The molecule has 0 saturated heterocycles. The van der Waals surface area contributed by atoms with E-state index in [4.69, 9.17) is 0 Å². The highest BCUT2D eigenvalue weighted by atomic mass is 16.6. The minimum atomic E-state index is -0.376. The first-order valence-corrected chi connectivity index (χ1v) is 6.03. The van der Waals surface area contributed by atoms with Crippen molar-refractivity contribution in [2.24, 2.45) is 0 Å². The average molecular weight is 260 g/mol. The first-order valence-electron chi connectivity index (χ1n) is 6.03.